The smallest absolute Gasteiger partial charge is 0.292 e. The highest BCUT2D eigenvalue weighted by atomic mass is 16.5. The van der Waals surface area contributed by atoms with Crippen molar-refractivity contribution < 1.29 is 9.32 Å². The highest BCUT2D eigenvalue weighted by molar-refractivity contribution is 5.90. The van der Waals surface area contributed by atoms with E-state index in [2.05, 4.69) is 32.5 Å². The number of rotatable bonds is 5. The topological polar surface area (TPSA) is 71.3 Å². The molecule has 1 aromatic rings. The molecule has 2 heterocycles. The second-order valence-corrected chi connectivity index (χ2v) is 7.90. The highest BCUT2D eigenvalue weighted by Gasteiger charge is 2.39. The summed E-state index contributed by atoms with van der Waals surface area (Å²) in [5.74, 6) is 2.94. The molecule has 24 heavy (non-hydrogen) atoms. The van der Waals surface area contributed by atoms with Gasteiger partial charge < -0.3 is 9.84 Å². The van der Waals surface area contributed by atoms with E-state index in [0.29, 0.717) is 11.9 Å². The van der Waals surface area contributed by atoms with Gasteiger partial charge in [0.2, 0.25) is 5.89 Å². The van der Waals surface area contributed by atoms with Crippen LogP contribution >= 0.6 is 0 Å². The molecule has 1 aromatic heterocycles. The van der Waals surface area contributed by atoms with Gasteiger partial charge in [-0.2, -0.15) is 4.98 Å². The number of allylic oxidation sites excluding steroid dienone is 2. The molecule has 0 radical (unpaired) electrons. The first-order valence-electron chi connectivity index (χ1n) is 9.33. The van der Waals surface area contributed by atoms with Gasteiger partial charge in [0.05, 0.1) is 6.04 Å². The molecule has 6 heteroatoms. The van der Waals surface area contributed by atoms with Crippen molar-refractivity contribution in [1.29, 1.82) is 0 Å². The zero-order valence-corrected chi connectivity index (χ0v) is 13.9. The van der Waals surface area contributed by atoms with E-state index in [1.54, 1.807) is 0 Å². The van der Waals surface area contributed by atoms with Crippen LogP contribution < -0.4 is 5.32 Å². The zero-order valence-electron chi connectivity index (χ0n) is 13.9. The first kappa shape index (κ1) is 14.6. The van der Waals surface area contributed by atoms with E-state index in [-0.39, 0.29) is 17.8 Å². The number of aromatic nitrogens is 2. The summed E-state index contributed by atoms with van der Waals surface area (Å²) in [6, 6.07) is 0.497. The van der Waals surface area contributed by atoms with Crippen LogP contribution in [-0.4, -0.2) is 40.1 Å². The minimum Gasteiger partial charge on any atom is -0.346 e. The van der Waals surface area contributed by atoms with Crippen LogP contribution in [-0.2, 0) is 0 Å². The monoisotopic (exact) mass is 328 g/mol. The van der Waals surface area contributed by atoms with Crippen molar-refractivity contribution >= 4 is 5.91 Å². The third-order valence-electron chi connectivity index (χ3n) is 6.09. The van der Waals surface area contributed by atoms with Crippen molar-refractivity contribution in [3.8, 4) is 0 Å². The van der Waals surface area contributed by atoms with Gasteiger partial charge in [-0.1, -0.05) is 17.3 Å². The molecule has 2 bridgehead atoms. The largest absolute Gasteiger partial charge is 0.346 e. The Balaban J connectivity index is 1.26. The summed E-state index contributed by atoms with van der Waals surface area (Å²) >= 11 is 0. The summed E-state index contributed by atoms with van der Waals surface area (Å²) in [6.45, 7) is 2.20. The molecular formula is C18H24N4O2. The third kappa shape index (κ3) is 2.66. The van der Waals surface area contributed by atoms with Crippen LogP contribution in [0.25, 0.3) is 0 Å². The Kier molecular flexibility index (Phi) is 3.47. The Labute approximate surface area is 141 Å². The molecule has 128 valence electrons. The van der Waals surface area contributed by atoms with Gasteiger partial charge in [-0.3, -0.25) is 9.69 Å². The molecule has 3 fully saturated rings. The Bertz CT molecular complexity index is 666. The lowest BCUT2D eigenvalue weighted by Crippen LogP contribution is -2.31. The molecule has 1 aliphatic heterocycles. The van der Waals surface area contributed by atoms with Gasteiger partial charge in [0.1, 0.15) is 0 Å². The number of carbonyl (C=O) groups excluding carboxylic acids is 1. The molecule has 4 aliphatic rings. The average molecular weight is 328 g/mol. The molecule has 6 nitrogen and oxygen atoms in total. The van der Waals surface area contributed by atoms with Crippen LogP contribution in [0.15, 0.2) is 16.7 Å². The summed E-state index contributed by atoms with van der Waals surface area (Å²) in [5.41, 5.74) is 0. The summed E-state index contributed by atoms with van der Waals surface area (Å²) in [5, 5.41) is 6.83. The van der Waals surface area contributed by atoms with Gasteiger partial charge in [0.25, 0.3) is 11.7 Å². The van der Waals surface area contributed by atoms with Crippen LogP contribution in [0.3, 0.4) is 0 Å². The summed E-state index contributed by atoms with van der Waals surface area (Å²) < 4.78 is 5.45. The van der Waals surface area contributed by atoms with Gasteiger partial charge in [0.15, 0.2) is 0 Å². The minimum atomic E-state index is -0.199. The standard InChI is InChI=1S/C18H24N4O2/c23-17(19-14-5-6-14)16-20-18(24-21-16)15-2-1-7-22(15)10-13-9-11-3-4-12(13)8-11/h3-4,11-15H,1-2,5-10H2,(H,19,23)/t11-,12+,13?,15?/m0/s1. The first-order chi connectivity index (χ1) is 11.8. The Morgan fingerprint density at radius 1 is 1.29 bits per heavy atom. The lowest BCUT2D eigenvalue weighted by atomic mass is 9.93. The molecule has 1 N–H and O–H groups in total. The first-order valence-corrected chi connectivity index (χ1v) is 9.33. The molecule has 5 rings (SSSR count). The van der Waals surface area contributed by atoms with Gasteiger partial charge in [-0.05, 0) is 62.8 Å². The second-order valence-electron chi connectivity index (χ2n) is 7.90. The molecule has 2 saturated carbocycles. The molecule has 1 amide bonds. The molecule has 3 aliphatic carbocycles. The summed E-state index contributed by atoms with van der Waals surface area (Å²) in [4.78, 5) is 18.9. The van der Waals surface area contributed by atoms with E-state index in [4.69, 9.17) is 4.52 Å². The summed E-state index contributed by atoms with van der Waals surface area (Å²) in [6.07, 6.45) is 11.8. The van der Waals surface area contributed by atoms with Crippen LogP contribution in [0, 0.1) is 17.8 Å². The Hall–Kier alpha value is -1.69. The highest BCUT2D eigenvalue weighted by Crippen LogP contribution is 2.45. The van der Waals surface area contributed by atoms with Crippen LogP contribution in [0.1, 0.15) is 61.1 Å². The number of amides is 1. The number of carbonyl (C=O) groups is 1. The van der Waals surface area contributed by atoms with E-state index in [9.17, 15) is 4.79 Å². The van der Waals surface area contributed by atoms with Crippen LogP contribution in [0.2, 0.25) is 0 Å². The van der Waals surface area contributed by atoms with Crippen molar-refractivity contribution in [2.24, 2.45) is 17.8 Å². The van der Waals surface area contributed by atoms with Crippen LogP contribution in [0.4, 0.5) is 0 Å². The van der Waals surface area contributed by atoms with Gasteiger partial charge >= 0.3 is 0 Å². The van der Waals surface area contributed by atoms with E-state index in [1.807, 2.05) is 0 Å². The van der Waals surface area contributed by atoms with Crippen molar-refractivity contribution in [3.05, 3.63) is 23.9 Å². The molecule has 4 atom stereocenters. The minimum absolute atomic E-state index is 0.183. The zero-order chi connectivity index (χ0) is 16.1. The van der Waals surface area contributed by atoms with Gasteiger partial charge in [-0.25, -0.2) is 0 Å². The van der Waals surface area contributed by atoms with E-state index in [1.165, 1.54) is 12.8 Å². The molecule has 0 aromatic carbocycles. The maximum Gasteiger partial charge on any atom is 0.292 e. The SMILES string of the molecule is O=C(NC1CC1)c1noc(C2CCCN2CC2C[C@H]3C=C[C@@H]2C3)n1. The molecule has 1 saturated heterocycles. The molecule has 0 spiro atoms. The van der Waals surface area contributed by atoms with E-state index < -0.39 is 0 Å². The van der Waals surface area contributed by atoms with Gasteiger partial charge in [-0.15, -0.1) is 0 Å². The van der Waals surface area contributed by atoms with E-state index >= 15 is 0 Å². The second kappa shape index (κ2) is 5.69. The lowest BCUT2D eigenvalue weighted by Gasteiger charge is -2.28. The number of likely N-dealkylation sites (tertiary alicyclic amines) is 1. The van der Waals surface area contributed by atoms with Gasteiger partial charge in [0, 0.05) is 12.6 Å². The number of nitrogens with one attached hydrogen (secondary N) is 1. The number of fused-ring (bicyclic) bond motifs is 2. The number of nitrogens with zero attached hydrogens (tertiary/aromatic N) is 3. The lowest BCUT2D eigenvalue weighted by molar-refractivity contribution is 0.0937. The maximum absolute atomic E-state index is 12.1. The fourth-order valence-electron chi connectivity index (χ4n) is 4.67. The maximum atomic E-state index is 12.1. The van der Waals surface area contributed by atoms with Crippen molar-refractivity contribution in [3.63, 3.8) is 0 Å². The Morgan fingerprint density at radius 3 is 2.96 bits per heavy atom. The van der Waals surface area contributed by atoms with Crippen LogP contribution in [0.5, 0.6) is 0 Å². The third-order valence-corrected chi connectivity index (χ3v) is 6.09. The normalized spacial score (nSPS) is 35.0. The molecular weight excluding hydrogens is 304 g/mol. The fraction of sp³-hybridized carbons (Fsp3) is 0.722. The van der Waals surface area contributed by atoms with Crippen molar-refractivity contribution in [2.75, 3.05) is 13.1 Å². The summed E-state index contributed by atoms with van der Waals surface area (Å²) in [7, 11) is 0. The predicted molar refractivity (Wildman–Crippen MR) is 87.2 cm³/mol. The average Bonchev–Trinajstić information content (AvgIpc) is 3.05. The van der Waals surface area contributed by atoms with E-state index in [0.717, 1.165) is 56.5 Å². The van der Waals surface area contributed by atoms with Crippen molar-refractivity contribution in [2.45, 2.75) is 50.6 Å². The van der Waals surface area contributed by atoms with Crippen molar-refractivity contribution in [1.82, 2.24) is 20.4 Å². The fourth-order valence-corrected chi connectivity index (χ4v) is 4.67. The quantitative estimate of drug-likeness (QED) is 0.840. The number of hydrogen-bond acceptors (Lipinski definition) is 5. The predicted octanol–water partition coefficient (Wildman–Crippen LogP) is 2.31. The molecule has 2 unspecified atom stereocenters. The Morgan fingerprint density at radius 2 is 2.21 bits per heavy atom. The number of hydrogen-bond donors (Lipinski definition) is 1.